The molecule has 35 heavy (non-hydrogen) atoms. The number of rotatable bonds is 6. The van der Waals surface area contributed by atoms with Crippen molar-refractivity contribution in [3.63, 3.8) is 0 Å². The molecule has 1 amide bonds. The van der Waals surface area contributed by atoms with Crippen molar-refractivity contribution in [1.29, 1.82) is 0 Å². The monoisotopic (exact) mass is 509 g/mol. The molecule has 178 valence electrons. The van der Waals surface area contributed by atoms with E-state index in [1.165, 1.54) is 30.5 Å². The number of carbonyl (C=O) groups is 2. The van der Waals surface area contributed by atoms with Gasteiger partial charge in [-0.15, -0.1) is 11.3 Å². The highest BCUT2D eigenvalue weighted by Crippen LogP contribution is 2.46. The molecule has 1 unspecified atom stereocenters. The number of ketones is 1. The van der Waals surface area contributed by atoms with E-state index < -0.39 is 23.5 Å². The lowest BCUT2D eigenvalue weighted by molar-refractivity contribution is -0.117. The first-order chi connectivity index (χ1) is 16.8. The molecule has 1 aliphatic rings. The molecular formula is C26H20ClNO6S. The minimum absolute atomic E-state index is 0.00678. The Morgan fingerprint density at radius 3 is 2.54 bits per heavy atom. The van der Waals surface area contributed by atoms with Gasteiger partial charge in [0.05, 0.1) is 24.8 Å². The second kappa shape index (κ2) is 8.79. The Morgan fingerprint density at radius 1 is 1.11 bits per heavy atom. The van der Waals surface area contributed by atoms with Crippen LogP contribution in [0.2, 0.25) is 5.02 Å². The molecule has 1 aliphatic heterocycles. The van der Waals surface area contributed by atoms with E-state index in [1.54, 1.807) is 42.5 Å². The third kappa shape index (κ3) is 3.66. The molecule has 2 aromatic carbocycles. The van der Waals surface area contributed by atoms with Crippen LogP contribution >= 0.6 is 22.9 Å². The van der Waals surface area contributed by atoms with E-state index in [1.807, 2.05) is 18.4 Å². The number of anilines is 1. The molecule has 7 nitrogen and oxygen atoms in total. The van der Waals surface area contributed by atoms with Crippen molar-refractivity contribution in [1.82, 2.24) is 0 Å². The zero-order valence-electron chi connectivity index (χ0n) is 19.0. The van der Waals surface area contributed by atoms with Crippen molar-refractivity contribution in [2.45, 2.75) is 13.0 Å². The Hall–Kier alpha value is -3.75. The van der Waals surface area contributed by atoms with Gasteiger partial charge in [0.2, 0.25) is 5.78 Å². The van der Waals surface area contributed by atoms with E-state index in [-0.39, 0.29) is 11.3 Å². The number of furan rings is 1. The largest absolute Gasteiger partial charge is 0.503 e. The van der Waals surface area contributed by atoms with Crippen LogP contribution < -0.4 is 14.4 Å². The number of aryl methyl sites for hydroxylation is 1. The van der Waals surface area contributed by atoms with E-state index in [0.29, 0.717) is 33.2 Å². The zero-order chi connectivity index (χ0) is 24.9. The normalized spacial score (nSPS) is 15.8. The summed E-state index contributed by atoms with van der Waals surface area (Å²) in [4.78, 5) is 29.2. The summed E-state index contributed by atoms with van der Waals surface area (Å²) in [5, 5.41) is 13.8. The summed E-state index contributed by atoms with van der Waals surface area (Å²) in [6.45, 7) is 1.89. The predicted molar refractivity (Wildman–Crippen MR) is 134 cm³/mol. The fourth-order valence-electron chi connectivity index (χ4n) is 4.26. The Morgan fingerprint density at radius 2 is 1.89 bits per heavy atom. The maximum Gasteiger partial charge on any atom is 0.294 e. The maximum atomic E-state index is 13.8. The molecule has 0 fully saturated rings. The Kier molecular flexibility index (Phi) is 5.78. The average molecular weight is 510 g/mol. The molecule has 9 heteroatoms. The van der Waals surface area contributed by atoms with E-state index in [0.717, 1.165) is 10.4 Å². The minimum Gasteiger partial charge on any atom is -0.503 e. The highest BCUT2D eigenvalue weighted by molar-refractivity contribution is 7.10. The van der Waals surface area contributed by atoms with Crippen molar-refractivity contribution in [2.24, 2.45) is 0 Å². The van der Waals surface area contributed by atoms with E-state index in [2.05, 4.69) is 0 Å². The summed E-state index contributed by atoms with van der Waals surface area (Å²) in [7, 11) is 3.00. The molecule has 0 radical (unpaired) electrons. The number of amides is 1. The van der Waals surface area contributed by atoms with Crippen LogP contribution in [0.15, 0.2) is 69.7 Å². The van der Waals surface area contributed by atoms with Gasteiger partial charge in [-0.2, -0.15) is 0 Å². The predicted octanol–water partition coefficient (Wildman–Crippen LogP) is 6.26. The second-order valence-corrected chi connectivity index (χ2v) is 9.30. The van der Waals surface area contributed by atoms with E-state index in [9.17, 15) is 14.7 Å². The SMILES string of the molecule is COc1ccc(N2C(=O)C(O)=C(C(=O)c3cc4cccc(OC)c4o3)C2c2sccc2C)cc1Cl. The average Bonchev–Trinajstić information content (AvgIpc) is 3.54. The second-order valence-electron chi connectivity index (χ2n) is 7.95. The number of carbonyl (C=O) groups excluding carboxylic acids is 2. The summed E-state index contributed by atoms with van der Waals surface area (Å²) >= 11 is 7.72. The molecule has 5 rings (SSSR count). The van der Waals surface area contributed by atoms with Crippen LogP contribution in [-0.4, -0.2) is 31.0 Å². The van der Waals surface area contributed by atoms with Gasteiger partial charge in [0.15, 0.2) is 22.9 Å². The number of aliphatic hydroxyl groups is 1. The number of Topliss-reactive ketones (excluding diaryl/α,β-unsaturated/α-hetero) is 1. The van der Waals surface area contributed by atoms with Crippen LogP contribution in [0.3, 0.4) is 0 Å². The number of hydrogen-bond acceptors (Lipinski definition) is 7. The number of halogens is 1. The smallest absolute Gasteiger partial charge is 0.294 e. The van der Waals surface area contributed by atoms with Crippen molar-refractivity contribution in [3.8, 4) is 11.5 Å². The third-order valence-corrected chi connectivity index (χ3v) is 7.33. The van der Waals surface area contributed by atoms with Crippen LogP contribution in [0.1, 0.15) is 27.0 Å². The number of para-hydroxylation sites is 1. The standard InChI is InChI=1S/C26H20ClNO6S/c1-13-9-10-35-25(13)21-20(22(29)19-11-14-5-4-6-18(33-3)24(14)34-19)23(30)26(31)28(21)15-7-8-17(32-2)16(27)12-15/h4-12,21,30H,1-3H3. The number of methoxy groups -OCH3 is 2. The first-order valence-corrected chi connectivity index (χ1v) is 11.9. The van der Waals surface area contributed by atoms with Crippen LogP contribution in [0.5, 0.6) is 11.5 Å². The van der Waals surface area contributed by atoms with Gasteiger partial charge >= 0.3 is 0 Å². The van der Waals surface area contributed by atoms with Gasteiger partial charge in [-0.3, -0.25) is 14.5 Å². The minimum atomic E-state index is -0.866. The van der Waals surface area contributed by atoms with E-state index >= 15 is 0 Å². The van der Waals surface area contributed by atoms with Crippen molar-refractivity contribution >= 4 is 51.3 Å². The molecule has 0 saturated heterocycles. The first kappa shape index (κ1) is 23.0. The van der Waals surface area contributed by atoms with Crippen LogP contribution in [-0.2, 0) is 4.79 Å². The van der Waals surface area contributed by atoms with Crippen molar-refractivity contribution < 1.29 is 28.6 Å². The molecule has 2 aromatic heterocycles. The molecule has 3 heterocycles. The van der Waals surface area contributed by atoms with Crippen LogP contribution in [0.4, 0.5) is 5.69 Å². The van der Waals surface area contributed by atoms with Gasteiger partial charge in [-0.1, -0.05) is 23.7 Å². The third-order valence-electron chi connectivity index (χ3n) is 5.97. The number of hydrogen-bond donors (Lipinski definition) is 1. The van der Waals surface area contributed by atoms with Crippen molar-refractivity contribution in [3.05, 3.63) is 86.5 Å². The zero-order valence-corrected chi connectivity index (χ0v) is 20.6. The van der Waals surface area contributed by atoms with E-state index in [4.69, 9.17) is 25.5 Å². The number of nitrogens with zero attached hydrogens (tertiary/aromatic N) is 1. The van der Waals surface area contributed by atoms with Crippen LogP contribution in [0.25, 0.3) is 11.0 Å². The fraction of sp³-hybridized carbons (Fsp3) is 0.154. The molecule has 0 aliphatic carbocycles. The van der Waals surface area contributed by atoms with Gasteiger partial charge in [-0.25, -0.2) is 0 Å². The summed E-state index contributed by atoms with van der Waals surface area (Å²) in [6, 6.07) is 12.8. The topological polar surface area (TPSA) is 89.2 Å². The molecule has 0 spiro atoms. The van der Waals surface area contributed by atoms with Crippen molar-refractivity contribution in [2.75, 3.05) is 19.1 Å². The first-order valence-electron chi connectivity index (χ1n) is 10.6. The van der Waals surface area contributed by atoms with Gasteiger partial charge in [0, 0.05) is 16.0 Å². The number of aliphatic hydroxyl groups excluding tert-OH is 1. The Labute approximate surface area is 209 Å². The molecule has 1 N–H and O–H groups in total. The molecule has 4 aromatic rings. The molecule has 0 saturated carbocycles. The highest BCUT2D eigenvalue weighted by atomic mass is 35.5. The lowest BCUT2D eigenvalue weighted by atomic mass is 9.98. The molecule has 1 atom stereocenters. The molecular weight excluding hydrogens is 490 g/mol. The summed E-state index contributed by atoms with van der Waals surface area (Å²) < 4.78 is 16.4. The summed E-state index contributed by atoms with van der Waals surface area (Å²) in [5.74, 6) is -1.02. The van der Waals surface area contributed by atoms with Gasteiger partial charge in [0.25, 0.3) is 5.91 Å². The summed E-state index contributed by atoms with van der Waals surface area (Å²) in [5.41, 5.74) is 1.64. The Bertz CT molecular complexity index is 1520. The van der Waals surface area contributed by atoms with Crippen LogP contribution in [0, 0.1) is 6.92 Å². The number of thiophene rings is 1. The molecule has 0 bridgehead atoms. The fourth-order valence-corrected chi connectivity index (χ4v) is 5.54. The highest BCUT2D eigenvalue weighted by Gasteiger charge is 2.46. The lowest BCUT2D eigenvalue weighted by Crippen LogP contribution is -2.30. The number of benzene rings is 2. The lowest BCUT2D eigenvalue weighted by Gasteiger charge is -2.26. The number of ether oxygens (including phenoxy) is 2. The Balaban J connectivity index is 1.66. The van der Waals surface area contributed by atoms with Gasteiger partial charge in [0.1, 0.15) is 11.8 Å². The quantitative estimate of drug-likeness (QED) is 0.309. The van der Waals surface area contributed by atoms with Gasteiger partial charge in [-0.05, 0) is 54.3 Å². The van der Waals surface area contributed by atoms with Gasteiger partial charge < -0.3 is 19.0 Å². The maximum absolute atomic E-state index is 13.8. The number of fused-ring (bicyclic) bond motifs is 1. The summed E-state index contributed by atoms with van der Waals surface area (Å²) in [6.07, 6.45) is 0.